The summed E-state index contributed by atoms with van der Waals surface area (Å²) >= 11 is 0. The van der Waals surface area contributed by atoms with E-state index in [1.165, 1.54) is 12.1 Å². The molecule has 0 aliphatic carbocycles. The average Bonchev–Trinajstić information content (AvgIpc) is 2.90. The fraction of sp³-hybridized carbons (Fsp3) is 0.545. The highest BCUT2D eigenvalue weighted by molar-refractivity contribution is 5.96. The van der Waals surface area contributed by atoms with Gasteiger partial charge in [-0.3, -0.25) is 4.79 Å². The van der Waals surface area contributed by atoms with Crippen molar-refractivity contribution < 1.29 is 28.6 Å². The molecular formula is C22H29FO5. The smallest absolute Gasteiger partial charge is 0.334 e. The van der Waals surface area contributed by atoms with Gasteiger partial charge in [0.2, 0.25) is 0 Å². The molecule has 154 valence electrons. The molecule has 1 saturated heterocycles. The minimum atomic E-state index is -1.27. The first kappa shape index (κ1) is 22.1. The Hall–Kier alpha value is -2.21. The third-order valence-electron chi connectivity index (χ3n) is 4.56. The van der Waals surface area contributed by atoms with Crippen molar-refractivity contribution >= 4 is 18.0 Å². The molecule has 1 aliphatic rings. The molecule has 0 spiro atoms. The van der Waals surface area contributed by atoms with Crippen molar-refractivity contribution in [2.45, 2.75) is 52.6 Å². The normalized spacial score (nSPS) is 22.2. The van der Waals surface area contributed by atoms with Crippen molar-refractivity contribution in [2.75, 3.05) is 13.2 Å². The van der Waals surface area contributed by atoms with Gasteiger partial charge >= 0.3 is 11.9 Å². The number of rotatable bonds is 7. The lowest BCUT2D eigenvalue weighted by molar-refractivity contribution is -0.166. The van der Waals surface area contributed by atoms with E-state index in [-0.39, 0.29) is 42.6 Å². The van der Waals surface area contributed by atoms with Crippen molar-refractivity contribution in [3.05, 3.63) is 41.2 Å². The Balaban J connectivity index is 1.97. The maximum Gasteiger partial charge on any atom is 0.334 e. The zero-order valence-electron chi connectivity index (χ0n) is 17.0. The molecule has 2 atom stereocenters. The molecular weight excluding hydrogens is 363 g/mol. The molecule has 1 heterocycles. The molecule has 0 aromatic heterocycles. The highest BCUT2D eigenvalue weighted by Crippen LogP contribution is 2.33. The van der Waals surface area contributed by atoms with Crippen LogP contribution in [0.3, 0.4) is 0 Å². The Bertz CT molecular complexity index is 732. The summed E-state index contributed by atoms with van der Waals surface area (Å²) < 4.78 is 23.7. The van der Waals surface area contributed by atoms with Gasteiger partial charge in [-0.1, -0.05) is 39.8 Å². The van der Waals surface area contributed by atoms with Gasteiger partial charge in [0, 0.05) is 18.4 Å². The molecule has 2 unspecified atom stereocenters. The van der Waals surface area contributed by atoms with Crippen LogP contribution in [0, 0.1) is 17.2 Å². The van der Waals surface area contributed by atoms with E-state index in [9.17, 15) is 19.1 Å². The lowest BCUT2D eigenvalue weighted by atomic mass is 9.84. The van der Waals surface area contributed by atoms with Crippen LogP contribution in [-0.2, 0) is 19.1 Å². The molecule has 1 aromatic carbocycles. The third-order valence-corrected chi connectivity index (χ3v) is 4.56. The number of benzene rings is 1. The molecule has 0 bridgehead atoms. The number of carbonyl (C=O) groups excluding carboxylic acids is 2. The van der Waals surface area contributed by atoms with Crippen molar-refractivity contribution in [2.24, 2.45) is 11.3 Å². The maximum atomic E-state index is 13.0. The van der Waals surface area contributed by atoms with E-state index in [0.29, 0.717) is 11.1 Å². The number of cyclic esters (lactones) is 1. The lowest BCUT2D eigenvalue weighted by Gasteiger charge is -2.25. The molecule has 0 amide bonds. The number of hydrogen-bond acceptors (Lipinski definition) is 5. The van der Waals surface area contributed by atoms with Crippen LogP contribution in [0.1, 0.15) is 52.5 Å². The largest absolute Gasteiger partial charge is 0.461 e. The van der Waals surface area contributed by atoms with Gasteiger partial charge in [-0.15, -0.1) is 0 Å². The van der Waals surface area contributed by atoms with Crippen LogP contribution < -0.4 is 0 Å². The molecule has 1 aliphatic heterocycles. The summed E-state index contributed by atoms with van der Waals surface area (Å²) in [6.45, 7) is 7.68. The Kier molecular flexibility index (Phi) is 6.99. The molecule has 28 heavy (non-hydrogen) atoms. The Morgan fingerprint density at radius 1 is 1.36 bits per heavy atom. The van der Waals surface area contributed by atoms with Crippen molar-refractivity contribution in [3.63, 3.8) is 0 Å². The summed E-state index contributed by atoms with van der Waals surface area (Å²) in [5, 5.41) is 9.76. The predicted octanol–water partition coefficient (Wildman–Crippen LogP) is 3.89. The standard InChI is InChI=1S/C22H29FO5/c1-15(11-21(2,3)4)9-19(25)27-14-22(13-24)12-17(20(26)28-22)10-16-5-7-18(23)8-6-16/h5-8,10,15,24H,9,11-14H2,1-4H3/b17-10+. The topological polar surface area (TPSA) is 72.8 Å². The first-order valence-electron chi connectivity index (χ1n) is 9.48. The minimum Gasteiger partial charge on any atom is -0.461 e. The first-order chi connectivity index (χ1) is 13.0. The van der Waals surface area contributed by atoms with E-state index in [1.54, 1.807) is 18.2 Å². The highest BCUT2D eigenvalue weighted by atomic mass is 19.1. The molecule has 0 saturated carbocycles. The van der Waals surface area contributed by atoms with Gasteiger partial charge in [0.15, 0.2) is 5.60 Å². The predicted molar refractivity (Wildman–Crippen MR) is 104 cm³/mol. The molecule has 2 rings (SSSR count). The summed E-state index contributed by atoms with van der Waals surface area (Å²) in [5.74, 6) is -1.15. The van der Waals surface area contributed by atoms with Gasteiger partial charge in [-0.2, -0.15) is 0 Å². The number of hydrogen-bond donors (Lipinski definition) is 1. The average molecular weight is 392 g/mol. The number of aliphatic hydroxyl groups is 1. The zero-order chi connectivity index (χ0) is 20.9. The Labute approximate surface area is 165 Å². The fourth-order valence-corrected chi connectivity index (χ4v) is 3.48. The monoisotopic (exact) mass is 392 g/mol. The number of ether oxygens (including phenoxy) is 2. The minimum absolute atomic E-state index is 0.116. The molecule has 1 fully saturated rings. The lowest BCUT2D eigenvalue weighted by Crippen LogP contribution is -2.39. The SMILES string of the molecule is CC(CC(=O)OCC1(CO)C/C(=C\c2ccc(F)cc2)C(=O)O1)CC(C)(C)C. The Morgan fingerprint density at radius 3 is 2.57 bits per heavy atom. The highest BCUT2D eigenvalue weighted by Gasteiger charge is 2.44. The molecule has 1 aromatic rings. The van der Waals surface area contributed by atoms with Gasteiger partial charge in [0.25, 0.3) is 0 Å². The molecule has 6 heteroatoms. The fourth-order valence-electron chi connectivity index (χ4n) is 3.48. The van der Waals surface area contributed by atoms with Gasteiger partial charge in [-0.05, 0) is 41.5 Å². The van der Waals surface area contributed by atoms with Crippen molar-refractivity contribution in [1.29, 1.82) is 0 Å². The number of esters is 2. The van der Waals surface area contributed by atoms with E-state index in [0.717, 1.165) is 6.42 Å². The van der Waals surface area contributed by atoms with Crippen molar-refractivity contribution in [3.8, 4) is 0 Å². The van der Waals surface area contributed by atoms with Gasteiger partial charge in [-0.25, -0.2) is 9.18 Å². The quantitative estimate of drug-likeness (QED) is 0.563. The maximum absolute atomic E-state index is 13.0. The van der Waals surface area contributed by atoms with Crippen LogP contribution in [0.5, 0.6) is 0 Å². The van der Waals surface area contributed by atoms with Crippen LogP contribution in [-0.4, -0.2) is 35.9 Å². The first-order valence-corrected chi connectivity index (χ1v) is 9.48. The van der Waals surface area contributed by atoms with Crippen LogP contribution in [0.4, 0.5) is 4.39 Å². The second-order valence-electron chi connectivity index (χ2n) is 8.86. The van der Waals surface area contributed by atoms with E-state index < -0.39 is 18.2 Å². The van der Waals surface area contributed by atoms with Crippen LogP contribution in [0.2, 0.25) is 0 Å². The van der Waals surface area contributed by atoms with E-state index in [2.05, 4.69) is 20.8 Å². The Morgan fingerprint density at radius 2 is 2.00 bits per heavy atom. The number of carbonyl (C=O) groups is 2. The summed E-state index contributed by atoms with van der Waals surface area (Å²) in [6.07, 6.45) is 2.86. The van der Waals surface area contributed by atoms with E-state index in [1.807, 2.05) is 6.92 Å². The van der Waals surface area contributed by atoms with E-state index >= 15 is 0 Å². The molecule has 1 N–H and O–H groups in total. The number of halogens is 1. The van der Waals surface area contributed by atoms with Crippen molar-refractivity contribution in [1.82, 2.24) is 0 Å². The third kappa shape index (κ3) is 6.44. The number of aliphatic hydroxyl groups excluding tert-OH is 1. The second-order valence-corrected chi connectivity index (χ2v) is 8.86. The van der Waals surface area contributed by atoms with E-state index in [4.69, 9.17) is 9.47 Å². The van der Waals surface area contributed by atoms with Crippen LogP contribution in [0.15, 0.2) is 29.8 Å². The summed E-state index contributed by atoms with van der Waals surface area (Å²) in [7, 11) is 0. The summed E-state index contributed by atoms with van der Waals surface area (Å²) in [4.78, 5) is 24.3. The summed E-state index contributed by atoms with van der Waals surface area (Å²) in [5.41, 5.74) is -0.160. The molecule has 5 nitrogen and oxygen atoms in total. The second kappa shape index (κ2) is 8.86. The van der Waals surface area contributed by atoms with Crippen LogP contribution >= 0.6 is 0 Å². The van der Waals surface area contributed by atoms with Crippen LogP contribution in [0.25, 0.3) is 6.08 Å². The zero-order valence-corrected chi connectivity index (χ0v) is 17.0. The van der Waals surface area contributed by atoms with Gasteiger partial charge in [0.05, 0.1) is 6.61 Å². The molecule has 0 radical (unpaired) electrons. The van der Waals surface area contributed by atoms with Gasteiger partial charge in [0.1, 0.15) is 12.4 Å². The summed E-state index contributed by atoms with van der Waals surface area (Å²) in [6, 6.07) is 5.69. The van der Waals surface area contributed by atoms with Gasteiger partial charge < -0.3 is 14.6 Å².